The van der Waals surface area contributed by atoms with E-state index in [1.807, 2.05) is 31.3 Å². The fourth-order valence-electron chi connectivity index (χ4n) is 3.59. The van der Waals surface area contributed by atoms with Gasteiger partial charge in [-0.1, -0.05) is 44.2 Å². The summed E-state index contributed by atoms with van der Waals surface area (Å²) in [5.41, 5.74) is 12.7. The van der Waals surface area contributed by atoms with E-state index in [0.29, 0.717) is 30.3 Å². The van der Waals surface area contributed by atoms with E-state index >= 15 is 0 Å². The van der Waals surface area contributed by atoms with Crippen LogP contribution < -0.4 is 16.4 Å². The van der Waals surface area contributed by atoms with Crippen molar-refractivity contribution >= 4 is 29.0 Å². The van der Waals surface area contributed by atoms with E-state index in [1.165, 1.54) is 0 Å². The highest BCUT2D eigenvalue weighted by atomic mass is 16.5. The average Bonchev–Trinajstić information content (AvgIpc) is 2.81. The molecule has 0 spiro atoms. The fourth-order valence-corrected chi connectivity index (χ4v) is 3.59. The first-order valence-electron chi connectivity index (χ1n) is 11.3. The van der Waals surface area contributed by atoms with E-state index in [-0.39, 0.29) is 0 Å². The highest BCUT2D eigenvalue weighted by Crippen LogP contribution is 2.31. The van der Waals surface area contributed by atoms with Crippen molar-refractivity contribution in [2.24, 2.45) is 10.7 Å². The molecule has 0 atom stereocenters. The monoisotopic (exact) mass is 448 g/mol. The Bertz CT molecular complexity index is 1000. The number of unbranched alkanes of at least 4 members (excludes halogenated alkanes) is 1. The minimum absolute atomic E-state index is 0.311. The van der Waals surface area contributed by atoms with Gasteiger partial charge in [0.05, 0.1) is 18.9 Å². The Morgan fingerprint density at radius 1 is 1.33 bits per heavy atom. The van der Waals surface area contributed by atoms with E-state index in [4.69, 9.17) is 10.5 Å². The van der Waals surface area contributed by atoms with Gasteiger partial charge in [0.1, 0.15) is 5.84 Å². The molecule has 1 saturated heterocycles. The van der Waals surface area contributed by atoms with Crippen molar-refractivity contribution in [3.05, 3.63) is 77.2 Å². The summed E-state index contributed by atoms with van der Waals surface area (Å²) in [7, 11) is 1.83. The van der Waals surface area contributed by atoms with E-state index in [1.54, 1.807) is 13.0 Å². The second-order valence-corrected chi connectivity index (χ2v) is 7.80. The number of ether oxygens (including phenoxy) is 1. The van der Waals surface area contributed by atoms with Crippen molar-refractivity contribution < 1.29 is 9.53 Å². The molecule has 1 aliphatic rings. The van der Waals surface area contributed by atoms with Crippen LogP contribution in [0.3, 0.4) is 0 Å². The zero-order chi connectivity index (χ0) is 24.2. The van der Waals surface area contributed by atoms with Crippen LogP contribution in [0.5, 0.6) is 0 Å². The lowest BCUT2D eigenvalue weighted by Gasteiger charge is -2.17. The van der Waals surface area contributed by atoms with E-state index < -0.39 is 0 Å². The predicted octanol–water partition coefficient (Wildman–Crippen LogP) is 4.83. The molecule has 6 nitrogen and oxygen atoms in total. The standard InChI is InChI=1S/C27H36N4O2/c1-6-8-9-10-19(3)23(7-2)21-11-12-26(29-5)24(15-21)25(17-32)20(4)31-27(28)16-22-18-33-14-13-30-22/h7,9-12,15-17,29-30H,2,6,8,13-14,18H2,1,3-5H3,(H2,28,31)/b10-9-,22-16-,23-19+,25-20+. The molecule has 0 unspecified atom stereocenters. The van der Waals surface area contributed by atoms with Gasteiger partial charge >= 0.3 is 0 Å². The van der Waals surface area contributed by atoms with Crippen molar-refractivity contribution in [3.8, 4) is 0 Å². The number of allylic oxidation sites excluding steroid dienone is 7. The summed E-state index contributed by atoms with van der Waals surface area (Å²) in [4.78, 5) is 16.6. The molecule has 1 aromatic rings. The Kier molecular flexibility index (Phi) is 10.4. The summed E-state index contributed by atoms with van der Waals surface area (Å²) in [6.45, 7) is 11.9. The highest BCUT2D eigenvalue weighted by Gasteiger charge is 2.13. The first-order chi connectivity index (χ1) is 15.9. The van der Waals surface area contributed by atoms with Crippen molar-refractivity contribution in [1.29, 1.82) is 0 Å². The minimum atomic E-state index is 0.311. The molecule has 0 aliphatic carbocycles. The first kappa shape index (κ1) is 25.9. The maximum absolute atomic E-state index is 12.2. The second kappa shape index (κ2) is 13.2. The van der Waals surface area contributed by atoms with Gasteiger partial charge in [0.25, 0.3) is 0 Å². The number of anilines is 1. The quantitative estimate of drug-likeness (QED) is 0.157. The number of aliphatic imine (C=N–C) groups is 1. The van der Waals surface area contributed by atoms with Gasteiger partial charge in [0.2, 0.25) is 0 Å². The van der Waals surface area contributed by atoms with Crippen LogP contribution in [0.25, 0.3) is 11.1 Å². The molecule has 0 amide bonds. The van der Waals surface area contributed by atoms with Crippen LogP contribution in [-0.2, 0) is 9.53 Å². The molecule has 2 rings (SSSR count). The normalized spacial score (nSPS) is 17.3. The summed E-state index contributed by atoms with van der Waals surface area (Å²) < 4.78 is 5.42. The van der Waals surface area contributed by atoms with E-state index in [0.717, 1.165) is 59.3 Å². The van der Waals surface area contributed by atoms with Crippen molar-refractivity contribution in [3.63, 3.8) is 0 Å². The number of carbonyl (C=O) groups is 1. The van der Waals surface area contributed by atoms with Crippen LogP contribution in [0.4, 0.5) is 5.69 Å². The largest absolute Gasteiger partial charge is 0.388 e. The second-order valence-electron chi connectivity index (χ2n) is 7.80. The molecular formula is C27H36N4O2. The molecule has 0 aromatic heterocycles. The molecule has 1 aromatic carbocycles. The number of nitrogens with one attached hydrogen (secondary N) is 2. The van der Waals surface area contributed by atoms with Crippen molar-refractivity contribution in [2.45, 2.75) is 33.6 Å². The number of morpholine rings is 1. The van der Waals surface area contributed by atoms with Gasteiger partial charge in [0.15, 0.2) is 6.29 Å². The molecule has 33 heavy (non-hydrogen) atoms. The van der Waals surface area contributed by atoms with Crippen LogP contribution in [0.2, 0.25) is 0 Å². The highest BCUT2D eigenvalue weighted by molar-refractivity contribution is 6.11. The third-order valence-electron chi connectivity index (χ3n) is 5.32. The average molecular weight is 449 g/mol. The van der Waals surface area contributed by atoms with Gasteiger partial charge in [-0.25, -0.2) is 4.99 Å². The Balaban J connectivity index is 2.53. The lowest BCUT2D eigenvalue weighted by Crippen LogP contribution is -2.30. The zero-order valence-corrected chi connectivity index (χ0v) is 20.2. The summed E-state index contributed by atoms with van der Waals surface area (Å²) in [6.07, 6.45) is 10.8. The molecule has 1 heterocycles. The minimum Gasteiger partial charge on any atom is -0.388 e. The number of hydrogen-bond acceptors (Lipinski definition) is 5. The number of nitrogens with two attached hydrogens (primary N) is 1. The van der Waals surface area contributed by atoms with Crippen LogP contribution >= 0.6 is 0 Å². The maximum Gasteiger partial charge on any atom is 0.152 e. The number of carbonyl (C=O) groups excluding carboxylic acids is 1. The molecule has 0 saturated carbocycles. The van der Waals surface area contributed by atoms with Gasteiger partial charge in [-0.05, 0) is 49.1 Å². The van der Waals surface area contributed by atoms with Gasteiger partial charge in [-0.3, -0.25) is 4.79 Å². The summed E-state index contributed by atoms with van der Waals surface area (Å²) in [6, 6.07) is 5.98. The van der Waals surface area contributed by atoms with Gasteiger partial charge in [-0.15, -0.1) is 0 Å². The number of amidine groups is 1. The van der Waals surface area contributed by atoms with Crippen LogP contribution in [0, 0.1) is 0 Å². The Morgan fingerprint density at radius 3 is 2.73 bits per heavy atom. The fraction of sp³-hybridized carbons (Fsp3) is 0.333. The van der Waals surface area contributed by atoms with Gasteiger partial charge in [0, 0.05) is 42.2 Å². The number of hydrogen-bond donors (Lipinski definition) is 3. The smallest absolute Gasteiger partial charge is 0.152 e. The van der Waals surface area contributed by atoms with Crippen LogP contribution in [0.15, 0.2) is 71.0 Å². The van der Waals surface area contributed by atoms with Crippen molar-refractivity contribution in [2.75, 3.05) is 32.1 Å². The number of benzene rings is 1. The molecule has 4 N–H and O–H groups in total. The molecular weight excluding hydrogens is 412 g/mol. The van der Waals surface area contributed by atoms with E-state index in [9.17, 15) is 4.79 Å². The Labute approximate surface area is 197 Å². The van der Waals surface area contributed by atoms with Gasteiger partial charge < -0.3 is 21.1 Å². The lowest BCUT2D eigenvalue weighted by molar-refractivity contribution is -0.103. The van der Waals surface area contributed by atoms with E-state index in [2.05, 4.69) is 48.2 Å². The number of aldehydes is 1. The maximum atomic E-state index is 12.2. The molecule has 1 fully saturated rings. The lowest BCUT2D eigenvalue weighted by atomic mass is 9.94. The number of nitrogens with zero attached hydrogens (tertiary/aromatic N) is 1. The number of rotatable bonds is 10. The Morgan fingerprint density at radius 2 is 2.12 bits per heavy atom. The molecule has 176 valence electrons. The first-order valence-corrected chi connectivity index (χ1v) is 11.3. The molecule has 1 aliphatic heterocycles. The summed E-state index contributed by atoms with van der Waals surface area (Å²) in [5.74, 6) is 0.311. The van der Waals surface area contributed by atoms with Crippen LogP contribution in [-0.4, -0.2) is 38.9 Å². The molecule has 0 bridgehead atoms. The summed E-state index contributed by atoms with van der Waals surface area (Å²) >= 11 is 0. The van der Waals surface area contributed by atoms with Crippen molar-refractivity contribution in [1.82, 2.24) is 5.32 Å². The third kappa shape index (κ3) is 7.32. The predicted molar refractivity (Wildman–Crippen MR) is 140 cm³/mol. The third-order valence-corrected chi connectivity index (χ3v) is 5.32. The SMILES string of the molecule is C=C/C(=C(C)\C=C/CCC)c1ccc(NC)c(/C(C=O)=C(C)/N=C(N)/C=C2/COCCN2)c1. The Hall–Kier alpha value is -3.38. The van der Waals surface area contributed by atoms with Gasteiger partial charge in [-0.2, -0.15) is 0 Å². The zero-order valence-electron chi connectivity index (χ0n) is 20.2. The topological polar surface area (TPSA) is 88.7 Å². The van der Waals surface area contributed by atoms with Crippen LogP contribution in [0.1, 0.15) is 44.7 Å². The molecule has 0 radical (unpaired) electrons. The molecule has 6 heteroatoms. The summed E-state index contributed by atoms with van der Waals surface area (Å²) in [5, 5.41) is 6.40.